The van der Waals surface area contributed by atoms with Crippen LogP contribution in [-0.4, -0.2) is 12.1 Å². The first-order valence-corrected chi connectivity index (χ1v) is 5.64. The molecule has 0 saturated heterocycles. The fourth-order valence-electron chi connectivity index (χ4n) is 1.35. The SMILES string of the molecule is CCCc1ccc(OC(C)[C@@H](C)N)cc1. The lowest BCUT2D eigenvalue weighted by atomic mass is 10.1. The van der Waals surface area contributed by atoms with E-state index in [4.69, 9.17) is 10.5 Å². The van der Waals surface area contributed by atoms with Crippen molar-refractivity contribution in [1.82, 2.24) is 0 Å². The van der Waals surface area contributed by atoms with Crippen molar-refractivity contribution < 1.29 is 4.74 Å². The number of benzene rings is 1. The lowest BCUT2D eigenvalue weighted by Crippen LogP contribution is -2.33. The minimum Gasteiger partial charge on any atom is -0.489 e. The van der Waals surface area contributed by atoms with Crippen molar-refractivity contribution in [3.05, 3.63) is 29.8 Å². The third kappa shape index (κ3) is 3.92. The molecule has 2 nitrogen and oxygen atoms in total. The number of hydrogen-bond acceptors (Lipinski definition) is 2. The Hall–Kier alpha value is -1.02. The molecule has 0 fully saturated rings. The van der Waals surface area contributed by atoms with Gasteiger partial charge in [0, 0.05) is 6.04 Å². The van der Waals surface area contributed by atoms with Gasteiger partial charge in [-0.3, -0.25) is 0 Å². The average Bonchev–Trinajstić information content (AvgIpc) is 2.21. The molecule has 0 spiro atoms. The molecule has 0 saturated carbocycles. The predicted molar refractivity (Wildman–Crippen MR) is 64.2 cm³/mol. The first kappa shape index (κ1) is 12.1. The standard InChI is InChI=1S/C13H21NO/c1-4-5-12-6-8-13(9-7-12)15-11(3)10(2)14/h6-11H,4-5,14H2,1-3H3/t10-,11?/m1/s1. The Morgan fingerprint density at radius 2 is 1.80 bits per heavy atom. The summed E-state index contributed by atoms with van der Waals surface area (Å²) in [5.74, 6) is 0.902. The summed E-state index contributed by atoms with van der Waals surface area (Å²) in [6.07, 6.45) is 2.36. The van der Waals surface area contributed by atoms with Crippen LogP contribution in [0.2, 0.25) is 0 Å². The maximum absolute atomic E-state index is 5.74. The van der Waals surface area contributed by atoms with E-state index in [1.807, 2.05) is 26.0 Å². The van der Waals surface area contributed by atoms with Crippen molar-refractivity contribution in [2.24, 2.45) is 5.73 Å². The molecule has 0 amide bonds. The van der Waals surface area contributed by atoms with Crippen LogP contribution in [0.3, 0.4) is 0 Å². The van der Waals surface area contributed by atoms with Crippen LogP contribution >= 0.6 is 0 Å². The summed E-state index contributed by atoms with van der Waals surface area (Å²) in [4.78, 5) is 0. The summed E-state index contributed by atoms with van der Waals surface area (Å²) in [5, 5.41) is 0. The normalized spacial score (nSPS) is 14.7. The third-order valence-corrected chi connectivity index (χ3v) is 2.52. The zero-order valence-corrected chi connectivity index (χ0v) is 9.86. The van der Waals surface area contributed by atoms with E-state index in [0.29, 0.717) is 0 Å². The van der Waals surface area contributed by atoms with Crippen molar-refractivity contribution in [3.8, 4) is 5.75 Å². The van der Waals surface area contributed by atoms with Crippen LogP contribution in [-0.2, 0) is 6.42 Å². The highest BCUT2D eigenvalue weighted by molar-refractivity contribution is 5.27. The Morgan fingerprint density at radius 1 is 1.20 bits per heavy atom. The highest BCUT2D eigenvalue weighted by atomic mass is 16.5. The summed E-state index contributed by atoms with van der Waals surface area (Å²) in [5.41, 5.74) is 7.10. The van der Waals surface area contributed by atoms with Gasteiger partial charge in [-0.1, -0.05) is 25.5 Å². The zero-order valence-electron chi connectivity index (χ0n) is 9.86. The molecule has 84 valence electrons. The summed E-state index contributed by atoms with van der Waals surface area (Å²) in [6.45, 7) is 6.13. The van der Waals surface area contributed by atoms with Gasteiger partial charge in [-0.05, 0) is 38.0 Å². The maximum Gasteiger partial charge on any atom is 0.119 e. The van der Waals surface area contributed by atoms with Crippen LogP contribution in [0.15, 0.2) is 24.3 Å². The second-order valence-corrected chi connectivity index (χ2v) is 4.08. The minimum absolute atomic E-state index is 0.0559. The number of nitrogens with two attached hydrogens (primary N) is 1. The van der Waals surface area contributed by atoms with Crippen molar-refractivity contribution in [1.29, 1.82) is 0 Å². The topological polar surface area (TPSA) is 35.2 Å². The molecule has 15 heavy (non-hydrogen) atoms. The first-order chi connectivity index (χ1) is 7.13. The fraction of sp³-hybridized carbons (Fsp3) is 0.538. The predicted octanol–water partition coefficient (Wildman–Crippen LogP) is 2.75. The lowest BCUT2D eigenvalue weighted by molar-refractivity contribution is 0.196. The van der Waals surface area contributed by atoms with Gasteiger partial charge in [0.25, 0.3) is 0 Å². The number of rotatable bonds is 5. The molecule has 0 heterocycles. The van der Waals surface area contributed by atoms with E-state index < -0.39 is 0 Å². The molecule has 2 heteroatoms. The molecule has 0 aliphatic heterocycles. The molecular formula is C13H21NO. The molecule has 0 bridgehead atoms. The van der Waals surface area contributed by atoms with Crippen molar-refractivity contribution in [3.63, 3.8) is 0 Å². The van der Waals surface area contributed by atoms with Crippen molar-refractivity contribution in [2.75, 3.05) is 0 Å². The molecule has 0 aliphatic rings. The van der Waals surface area contributed by atoms with E-state index in [0.717, 1.165) is 12.2 Å². The van der Waals surface area contributed by atoms with Gasteiger partial charge in [0.15, 0.2) is 0 Å². The van der Waals surface area contributed by atoms with Crippen LogP contribution in [0.1, 0.15) is 32.8 Å². The molecule has 1 aromatic carbocycles. The second kappa shape index (κ2) is 5.76. The van der Waals surface area contributed by atoms with Crippen LogP contribution in [0, 0.1) is 0 Å². The van der Waals surface area contributed by atoms with E-state index in [2.05, 4.69) is 19.1 Å². The summed E-state index contributed by atoms with van der Waals surface area (Å²) in [6, 6.07) is 8.33. The molecule has 0 radical (unpaired) electrons. The van der Waals surface area contributed by atoms with Crippen LogP contribution in [0.25, 0.3) is 0 Å². The number of ether oxygens (including phenoxy) is 1. The highest BCUT2D eigenvalue weighted by Crippen LogP contribution is 2.15. The van der Waals surface area contributed by atoms with E-state index in [-0.39, 0.29) is 12.1 Å². The summed E-state index contributed by atoms with van der Waals surface area (Å²) >= 11 is 0. The number of aryl methyl sites for hydroxylation is 1. The molecule has 0 aliphatic carbocycles. The van der Waals surface area contributed by atoms with Crippen LogP contribution in [0.4, 0.5) is 0 Å². The Labute approximate surface area is 92.4 Å². The molecule has 1 unspecified atom stereocenters. The monoisotopic (exact) mass is 207 g/mol. The molecular weight excluding hydrogens is 186 g/mol. The van der Waals surface area contributed by atoms with Gasteiger partial charge in [0.05, 0.1) is 0 Å². The van der Waals surface area contributed by atoms with Crippen LogP contribution < -0.4 is 10.5 Å². The van der Waals surface area contributed by atoms with Gasteiger partial charge < -0.3 is 10.5 Å². The Bertz CT molecular complexity index is 279. The second-order valence-electron chi connectivity index (χ2n) is 4.08. The quantitative estimate of drug-likeness (QED) is 0.805. The average molecular weight is 207 g/mol. The Kier molecular flexibility index (Phi) is 4.63. The van der Waals surface area contributed by atoms with E-state index >= 15 is 0 Å². The maximum atomic E-state index is 5.74. The van der Waals surface area contributed by atoms with E-state index in [9.17, 15) is 0 Å². The molecule has 2 atom stereocenters. The number of hydrogen-bond donors (Lipinski definition) is 1. The lowest BCUT2D eigenvalue weighted by Gasteiger charge is -2.18. The first-order valence-electron chi connectivity index (χ1n) is 5.64. The molecule has 1 rings (SSSR count). The van der Waals surface area contributed by atoms with Crippen LogP contribution in [0.5, 0.6) is 5.75 Å². The third-order valence-electron chi connectivity index (χ3n) is 2.52. The summed E-state index contributed by atoms with van der Waals surface area (Å²) in [7, 11) is 0. The van der Waals surface area contributed by atoms with Gasteiger partial charge >= 0.3 is 0 Å². The Morgan fingerprint density at radius 3 is 2.27 bits per heavy atom. The highest BCUT2D eigenvalue weighted by Gasteiger charge is 2.08. The van der Waals surface area contributed by atoms with Gasteiger partial charge in [0.1, 0.15) is 11.9 Å². The van der Waals surface area contributed by atoms with E-state index in [1.165, 1.54) is 12.0 Å². The van der Waals surface area contributed by atoms with Gasteiger partial charge in [0.2, 0.25) is 0 Å². The van der Waals surface area contributed by atoms with Gasteiger partial charge in [-0.25, -0.2) is 0 Å². The van der Waals surface area contributed by atoms with E-state index in [1.54, 1.807) is 0 Å². The Balaban J connectivity index is 2.56. The van der Waals surface area contributed by atoms with Gasteiger partial charge in [-0.2, -0.15) is 0 Å². The zero-order chi connectivity index (χ0) is 11.3. The molecule has 0 aromatic heterocycles. The fourth-order valence-corrected chi connectivity index (χ4v) is 1.35. The molecule has 1 aromatic rings. The summed E-state index contributed by atoms with van der Waals surface area (Å²) < 4.78 is 5.68. The van der Waals surface area contributed by atoms with Crippen molar-refractivity contribution in [2.45, 2.75) is 45.8 Å². The molecule has 2 N–H and O–H groups in total. The smallest absolute Gasteiger partial charge is 0.119 e. The van der Waals surface area contributed by atoms with Crippen molar-refractivity contribution >= 4 is 0 Å². The minimum atomic E-state index is 0.0559. The van der Waals surface area contributed by atoms with Gasteiger partial charge in [-0.15, -0.1) is 0 Å². The largest absolute Gasteiger partial charge is 0.489 e.